The summed E-state index contributed by atoms with van der Waals surface area (Å²) in [5, 5.41) is 0.434. The number of methoxy groups -OCH3 is 1. The molecule has 1 aromatic rings. The molecule has 2 saturated heterocycles. The number of amides is 1. The van der Waals surface area contributed by atoms with Crippen LogP contribution in [0.2, 0.25) is 5.02 Å². The maximum Gasteiger partial charge on any atom is 0.410 e. The van der Waals surface area contributed by atoms with Crippen molar-refractivity contribution >= 4 is 29.4 Å². The number of likely N-dealkylation sites (tertiary alicyclic amines) is 1. The van der Waals surface area contributed by atoms with E-state index in [2.05, 4.69) is 4.90 Å². The van der Waals surface area contributed by atoms with E-state index in [0.717, 1.165) is 63.5 Å². The Morgan fingerprint density at radius 1 is 1.03 bits per heavy atom. The maximum absolute atomic E-state index is 12.2. The van der Waals surface area contributed by atoms with Crippen LogP contribution in [-0.4, -0.2) is 55.9 Å². The lowest BCUT2D eigenvalue weighted by Gasteiger charge is -2.38. The Hall–Kier alpha value is -1.95. The van der Waals surface area contributed by atoms with Gasteiger partial charge in [-0.3, -0.25) is 0 Å². The Labute approximate surface area is 190 Å². The van der Waals surface area contributed by atoms with Gasteiger partial charge in [0, 0.05) is 31.9 Å². The molecule has 7 heteroatoms. The number of piperidine rings is 2. The highest BCUT2D eigenvalue weighted by molar-refractivity contribution is 6.33. The summed E-state index contributed by atoms with van der Waals surface area (Å²) < 4.78 is 10.3. The van der Waals surface area contributed by atoms with Crippen LogP contribution >= 0.6 is 11.6 Å². The van der Waals surface area contributed by atoms with Crippen LogP contribution in [0, 0.1) is 11.8 Å². The van der Waals surface area contributed by atoms with Gasteiger partial charge in [-0.1, -0.05) is 11.6 Å². The molecule has 0 spiro atoms. The third-order valence-electron chi connectivity index (χ3n) is 6.27. The SMILES string of the molecule is COC(=O)c1ccc(N2CCC(CC3CCN(C(=O)OC(C)(C)C)CC3)CC2)cc1Cl. The number of halogens is 1. The fraction of sp³-hybridized carbons (Fsp3) is 0.667. The number of hydrogen-bond donors (Lipinski definition) is 0. The quantitative estimate of drug-likeness (QED) is 0.576. The van der Waals surface area contributed by atoms with Crippen molar-refractivity contribution in [3.05, 3.63) is 28.8 Å². The van der Waals surface area contributed by atoms with E-state index in [-0.39, 0.29) is 6.09 Å². The van der Waals surface area contributed by atoms with E-state index < -0.39 is 11.6 Å². The second kappa shape index (κ2) is 10.1. The number of carbonyl (C=O) groups excluding carboxylic acids is 2. The summed E-state index contributed by atoms with van der Waals surface area (Å²) in [6.45, 7) is 9.31. The molecule has 0 radical (unpaired) electrons. The van der Waals surface area contributed by atoms with Crippen molar-refractivity contribution in [2.45, 2.75) is 58.5 Å². The fourth-order valence-corrected chi connectivity index (χ4v) is 4.80. The molecule has 0 bridgehead atoms. The molecule has 2 heterocycles. The van der Waals surface area contributed by atoms with Gasteiger partial charge in [-0.2, -0.15) is 0 Å². The summed E-state index contributed by atoms with van der Waals surface area (Å²) in [7, 11) is 1.36. The van der Waals surface area contributed by atoms with Gasteiger partial charge < -0.3 is 19.3 Å². The topological polar surface area (TPSA) is 59.1 Å². The third-order valence-corrected chi connectivity index (χ3v) is 6.58. The van der Waals surface area contributed by atoms with Crippen LogP contribution in [-0.2, 0) is 9.47 Å². The van der Waals surface area contributed by atoms with Gasteiger partial charge in [0.05, 0.1) is 17.7 Å². The van der Waals surface area contributed by atoms with E-state index >= 15 is 0 Å². The fourth-order valence-electron chi connectivity index (χ4n) is 4.55. The van der Waals surface area contributed by atoms with Crippen molar-refractivity contribution in [3.8, 4) is 0 Å². The number of rotatable bonds is 4. The number of carbonyl (C=O) groups is 2. The molecule has 2 aliphatic heterocycles. The second-order valence-corrected chi connectivity index (χ2v) is 10.1. The first-order valence-electron chi connectivity index (χ1n) is 11.3. The molecule has 1 amide bonds. The van der Waals surface area contributed by atoms with E-state index in [0.29, 0.717) is 16.5 Å². The zero-order chi connectivity index (χ0) is 22.6. The molecule has 31 heavy (non-hydrogen) atoms. The number of esters is 1. The molecule has 2 aliphatic rings. The first-order valence-corrected chi connectivity index (χ1v) is 11.6. The number of ether oxygens (including phenoxy) is 2. The zero-order valence-corrected chi connectivity index (χ0v) is 19.9. The minimum absolute atomic E-state index is 0.184. The molecule has 0 aliphatic carbocycles. The predicted octanol–water partition coefficient (Wildman–Crippen LogP) is 5.38. The van der Waals surface area contributed by atoms with Gasteiger partial charge in [0.25, 0.3) is 0 Å². The molecule has 6 nitrogen and oxygen atoms in total. The number of anilines is 1. The summed E-state index contributed by atoms with van der Waals surface area (Å²) in [6, 6.07) is 5.55. The average Bonchev–Trinajstić information content (AvgIpc) is 2.73. The first-order chi connectivity index (χ1) is 14.7. The van der Waals surface area contributed by atoms with Crippen LogP contribution in [0.5, 0.6) is 0 Å². The average molecular weight is 451 g/mol. The number of nitrogens with zero attached hydrogens (tertiary/aromatic N) is 2. The summed E-state index contributed by atoms with van der Waals surface area (Å²) in [5.41, 5.74) is 1.02. The monoisotopic (exact) mass is 450 g/mol. The van der Waals surface area contributed by atoms with Gasteiger partial charge >= 0.3 is 12.1 Å². The molecular formula is C24H35ClN2O4. The van der Waals surface area contributed by atoms with Crippen molar-refractivity contribution < 1.29 is 19.1 Å². The molecule has 0 unspecified atom stereocenters. The minimum atomic E-state index is -0.439. The lowest BCUT2D eigenvalue weighted by atomic mass is 9.83. The van der Waals surface area contributed by atoms with Gasteiger partial charge in [0.15, 0.2) is 0 Å². The molecular weight excluding hydrogens is 416 g/mol. The van der Waals surface area contributed by atoms with E-state index in [1.807, 2.05) is 37.8 Å². The van der Waals surface area contributed by atoms with Crippen LogP contribution in [0.1, 0.15) is 63.2 Å². The second-order valence-electron chi connectivity index (χ2n) is 9.73. The number of hydrogen-bond acceptors (Lipinski definition) is 5. The molecule has 3 rings (SSSR count). The molecule has 2 fully saturated rings. The number of benzene rings is 1. The normalized spacial score (nSPS) is 18.7. The van der Waals surface area contributed by atoms with E-state index in [1.54, 1.807) is 6.07 Å². The lowest BCUT2D eigenvalue weighted by molar-refractivity contribution is 0.0174. The van der Waals surface area contributed by atoms with Crippen molar-refractivity contribution in [3.63, 3.8) is 0 Å². The van der Waals surface area contributed by atoms with Crippen molar-refractivity contribution in [2.24, 2.45) is 11.8 Å². The minimum Gasteiger partial charge on any atom is -0.465 e. The Kier molecular flexibility index (Phi) is 7.73. The van der Waals surface area contributed by atoms with Crippen molar-refractivity contribution in [1.29, 1.82) is 0 Å². The van der Waals surface area contributed by atoms with Crippen molar-refractivity contribution in [2.75, 3.05) is 38.2 Å². The van der Waals surface area contributed by atoms with Gasteiger partial charge in [0.2, 0.25) is 0 Å². The highest BCUT2D eigenvalue weighted by atomic mass is 35.5. The lowest BCUT2D eigenvalue weighted by Crippen LogP contribution is -2.42. The molecule has 0 N–H and O–H groups in total. The van der Waals surface area contributed by atoms with Gasteiger partial charge in [-0.15, -0.1) is 0 Å². The van der Waals surface area contributed by atoms with Crippen LogP contribution in [0.25, 0.3) is 0 Å². The highest BCUT2D eigenvalue weighted by Gasteiger charge is 2.29. The summed E-state index contributed by atoms with van der Waals surface area (Å²) in [6.07, 6.45) is 5.48. The zero-order valence-electron chi connectivity index (χ0n) is 19.2. The molecule has 0 atom stereocenters. The third kappa shape index (κ3) is 6.52. The molecule has 1 aromatic carbocycles. The molecule has 0 saturated carbocycles. The molecule has 172 valence electrons. The Balaban J connectivity index is 1.43. The van der Waals surface area contributed by atoms with Gasteiger partial charge in [-0.05, 0) is 82.9 Å². The highest BCUT2D eigenvalue weighted by Crippen LogP contribution is 2.33. The van der Waals surface area contributed by atoms with Crippen molar-refractivity contribution in [1.82, 2.24) is 4.90 Å². The Bertz CT molecular complexity index is 776. The summed E-state index contributed by atoms with van der Waals surface area (Å²) in [5.74, 6) is 0.996. The van der Waals surface area contributed by atoms with Crippen LogP contribution < -0.4 is 4.90 Å². The van der Waals surface area contributed by atoms with Crippen LogP contribution in [0.3, 0.4) is 0 Å². The largest absolute Gasteiger partial charge is 0.465 e. The molecule has 0 aromatic heterocycles. The van der Waals surface area contributed by atoms with Gasteiger partial charge in [0.1, 0.15) is 5.60 Å². The first kappa shape index (κ1) is 23.7. The Morgan fingerprint density at radius 3 is 2.13 bits per heavy atom. The Morgan fingerprint density at radius 2 is 1.61 bits per heavy atom. The summed E-state index contributed by atoms with van der Waals surface area (Å²) in [4.78, 5) is 28.2. The van der Waals surface area contributed by atoms with E-state index in [4.69, 9.17) is 21.1 Å². The van der Waals surface area contributed by atoms with Gasteiger partial charge in [-0.25, -0.2) is 9.59 Å². The summed E-state index contributed by atoms with van der Waals surface area (Å²) >= 11 is 6.28. The maximum atomic E-state index is 12.2. The standard InChI is InChI=1S/C24H35ClN2O4/c1-24(2,3)31-23(29)27-13-9-18(10-14-27)15-17-7-11-26(12-8-17)19-5-6-20(21(25)16-19)22(28)30-4/h5-6,16-18H,7-15H2,1-4H3. The van der Waals surface area contributed by atoms with E-state index in [1.165, 1.54) is 13.5 Å². The predicted molar refractivity (Wildman–Crippen MR) is 123 cm³/mol. The van der Waals surface area contributed by atoms with E-state index in [9.17, 15) is 9.59 Å². The van der Waals surface area contributed by atoms with Crippen LogP contribution in [0.4, 0.5) is 10.5 Å². The van der Waals surface area contributed by atoms with Crippen LogP contribution in [0.15, 0.2) is 18.2 Å². The smallest absolute Gasteiger partial charge is 0.410 e.